The van der Waals surface area contributed by atoms with Crippen LogP contribution in [0.25, 0.3) is 0 Å². The fourth-order valence-corrected chi connectivity index (χ4v) is 3.83. The van der Waals surface area contributed by atoms with Crippen molar-refractivity contribution in [3.8, 4) is 0 Å². The second-order valence-electron chi connectivity index (χ2n) is 8.37. The number of ether oxygens (including phenoxy) is 2. The van der Waals surface area contributed by atoms with Crippen LogP contribution in [0.3, 0.4) is 0 Å². The van der Waals surface area contributed by atoms with Crippen molar-refractivity contribution in [3.05, 3.63) is 69.7 Å². The van der Waals surface area contributed by atoms with Crippen molar-refractivity contribution in [2.24, 2.45) is 0 Å². The lowest BCUT2D eigenvalue weighted by Crippen LogP contribution is -2.43. The Morgan fingerprint density at radius 3 is 1.30 bits per heavy atom. The van der Waals surface area contributed by atoms with Crippen LogP contribution in [0.2, 0.25) is 10.0 Å². The quantitative estimate of drug-likeness (QED) is 0.267. The minimum Gasteiger partial charge on any atom is -0.375 e. The molecule has 2 aromatic rings. The molecule has 0 amide bonds. The SMILES string of the molecule is CCC(COCc1ccc(Cl)cc1)N(C)CCN(C)C(CC)COCc1ccc(Cl)cc1.Cl. The molecule has 2 unspecified atom stereocenters. The lowest BCUT2D eigenvalue weighted by atomic mass is 10.2. The van der Waals surface area contributed by atoms with Gasteiger partial charge in [0.2, 0.25) is 0 Å². The third-order valence-electron chi connectivity index (χ3n) is 5.98. The van der Waals surface area contributed by atoms with Crippen molar-refractivity contribution < 1.29 is 9.47 Å². The number of hydrogen-bond acceptors (Lipinski definition) is 4. The summed E-state index contributed by atoms with van der Waals surface area (Å²) in [4.78, 5) is 4.80. The lowest BCUT2D eigenvalue weighted by molar-refractivity contribution is 0.0398. The number of rotatable bonds is 15. The molecule has 2 rings (SSSR count). The van der Waals surface area contributed by atoms with Gasteiger partial charge >= 0.3 is 0 Å². The van der Waals surface area contributed by atoms with Gasteiger partial charge in [-0.15, -0.1) is 12.4 Å². The molecule has 0 aliphatic rings. The molecule has 0 saturated heterocycles. The molecule has 0 aliphatic heterocycles. The minimum atomic E-state index is 0. The first kappa shape index (κ1) is 30.2. The molecule has 0 spiro atoms. The van der Waals surface area contributed by atoms with E-state index in [-0.39, 0.29) is 12.4 Å². The number of halogens is 3. The maximum Gasteiger partial charge on any atom is 0.0717 e. The highest BCUT2D eigenvalue weighted by molar-refractivity contribution is 6.30. The monoisotopic (exact) mass is 516 g/mol. The fourth-order valence-electron chi connectivity index (χ4n) is 3.58. The average Bonchev–Trinajstić information content (AvgIpc) is 2.80. The summed E-state index contributed by atoms with van der Waals surface area (Å²) in [6.07, 6.45) is 2.12. The molecule has 0 aliphatic carbocycles. The summed E-state index contributed by atoms with van der Waals surface area (Å²) in [6, 6.07) is 16.5. The Morgan fingerprint density at radius 2 is 1.00 bits per heavy atom. The summed E-state index contributed by atoms with van der Waals surface area (Å²) in [5, 5.41) is 1.51. The van der Waals surface area contributed by atoms with Gasteiger partial charge < -0.3 is 9.47 Å². The molecule has 0 radical (unpaired) electrons. The second kappa shape index (κ2) is 16.7. The van der Waals surface area contributed by atoms with Gasteiger partial charge in [0.15, 0.2) is 0 Å². The molecule has 0 aromatic heterocycles. The van der Waals surface area contributed by atoms with E-state index < -0.39 is 0 Å². The standard InChI is InChI=1S/C26H38Cl2N2O2.ClH/c1-5-25(19-31-17-21-7-11-23(27)12-8-21)29(3)15-16-30(4)26(6-2)20-32-18-22-9-13-24(28)14-10-22;/h7-14,25-26H,5-6,15-20H2,1-4H3;1H. The Balaban J connectivity index is 0.00000544. The van der Waals surface area contributed by atoms with E-state index in [1.807, 2.05) is 48.5 Å². The predicted octanol–water partition coefficient (Wildman–Crippen LogP) is 6.57. The second-order valence-corrected chi connectivity index (χ2v) is 9.24. The molecule has 7 heteroatoms. The van der Waals surface area contributed by atoms with Crippen LogP contribution in [0.15, 0.2) is 48.5 Å². The molecule has 0 saturated carbocycles. The molecular formula is C26H39Cl3N2O2. The molecule has 0 N–H and O–H groups in total. The summed E-state index contributed by atoms with van der Waals surface area (Å²) in [7, 11) is 4.37. The topological polar surface area (TPSA) is 24.9 Å². The van der Waals surface area contributed by atoms with Gasteiger partial charge in [0.05, 0.1) is 26.4 Å². The maximum atomic E-state index is 5.99. The van der Waals surface area contributed by atoms with Gasteiger partial charge in [-0.3, -0.25) is 9.80 Å². The number of benzene rings is 2. The van der Waals surface area contributed by atoms with Crippen LogP contribution in [-0.2, 0) is 22.7 Å². The molecule has 0 fully saturated rings. The van der Waals surface area contributed by atoms with Crippen molar-refractivity contribution in [2.45, 2.75) is 52.0 Å². The molecular weight excluding hydrogens is 479 g/mol. The van der Waals surface area contributed by atoms with Crippen molar-refractivity contribution >= 4 is 35.6 Å². The zero-order chi connectivity index (χ0) is 23.3. The maximum absolute atomic E-state index is 5.99. The molecule has 0 heterocycles. The van der Waals surface area contributed by atoms with E-state index in [9.17, 15) is 0 Å². The van der Waals surface area contributed by atoms with Gasteiger partial charge in [0.1, 0.15) is 0 Å². The van der Waals surface area contributed by atoms with Crippen molar-refractivity contribution in [1.82, 2.24) is 9.80 Å². The molecule has 0 bridgehead atoms. The van der Waals surface area contributed by atoms with Gasteiger partial charge in [-0.1, -0.05) is 61.3 Å². The highest BCUT2D eigenvalue weighted by Gasteiger charge is 2.17. The molecule has 33 heavy (non-hydrogen) atoms. The summed E-state index contributed by atoms with van der Waals surface area (Å²) in [5.74, 6) is 0. The first-order chi connectivity index (χ1) is 15.4. The minimum absolute atomic E-state index is 0. The van der Waals surface area contributed by atoms with Crippen LogP contribution in [0, 0.1) is 0 Å². The molecule has 2 atom stereocenters. The normalized spacial score (nSPS) is 13.2. The molecule has 186 valence electrons. The Hall–Kier alpha value is -0.850. The molecule has 4 nitrogen and oxygen atoms in total. The van der Waals surface area contributed by atoms with E-state index in [4.69, 9.17) is 32.7 Å². The highest BCUT2D eigenvalue weighted by Crippen LogP contribution is 2.13. The van der Waals surface area contributed by atoms with Gasteiger partial charge in [0.25, 0.3) is 0 Å². The molecule has 2 aromatic carbocycles. The van der Waals surface area contributed by atoms with E-state index in [0.29, 0.717) is 25.3 Å². The van der Waals surface area contributed by atoms with Crippen molar-refractivity contribution in [2.75, 3.05) is 40.4 Å². The smallest absolute Gasteiger partial charge is 0.0717 e. The van der Waals surface area contributed by atoms with Crippen LogP contribution < -0.4 is 0 Å². The third kappa shape index (κ3) is 11.4. The summed E-state index contributed by atoms with van der Waals surface area (Å²) in [6.45, 7) is 9.10. The summed E-state index contributed by atoms with van der Waals surface area (Å²) < 4.78 is 12.0. The summed E-state index contributed by atoms with van der Waals surface area (Å²) >= 11 is 11.9. The van der Waals surface area contributed by atoms with Crippen LogP contribution >= 0.6 is 35.6 Å². The predicted molar refractivity (Wildman–Crippen MR) is 143 cm³/mol. The van der Waals surface area contributed by atoms with Gasteiger partial charge in [-0.2, -0.15) is 0 Å². The van der Waals surface area contributed by atoms with Crippen molar-refractivity contribution in [1.29, 1.82) is 0 Å². The lowest BCUT2D eigenvalue weighted by Gasteiger charge is -2.32. The Labute approximate surface area is 216 Å². The first-order valence-electron chi connectivity index (χ1n) is 11.5. The largest absolute Gasteiger partial charge is 0.375 e. The van der Waals surface area contributed by atoms with Gasteiger partial charge in [-0.05, 0) is 62.3 Å². The van der Waals surface area contributed by atoms with Crippen molar-refractivity contribution in [3.63, 3.8) is 0 Å². The fraction of sp³-hybridized carbons (Fsp3) is 0.538. The van der Waals surface area contributed by atoms with Crippen LogP contribution in [-0.4, -0.2) is 62.3 Å². The van der Waals surface area contributed by atoms with E-state index in [1.54, 1.807) is 0 Å². The van der Waals surface area contributed by atoms with E-state index >= 15 is 0 Å². The van der Waals surface area contributed by atoms with Crippen LogP contribution in [0.4, 0.5) is 0 Å². The van der Waals surface area contributed by atoms with E-state index in [1.165, 1.54) is 0 Å². The van der Waals surface area contributed by atoms with Crippen LogP contribution in [0.1, 0.15) is 37.8 Å². The number of hydrogen-bond donors (Lipinski definition) is 0. The first-order valence-corrected chi connectivity index (χ1v) is 12.2. The number of nitrogens with zero attached hydrogens (tertiary/aromatic N) is 2. The third-order valence-corrected chi connectivity index (χ3v) is 6.48. The zero-order valence-corrected chi connectivity index (χ0v) is 22.6. The van der Waals surface area contributed by atoms with E-state index in [2.05, 4.69) is 37.7 Å². The average molecular weight is 518 g/mol. The highest BCUT2D eigenvalue weighted by atomic mass is 35.5. The summed E-state index contributed by atoms with van der Waals surface area (Å²) in [5.41, 5.74) is 2.30. The zero-order valence-electron chi connectivity index (χ0n) is 20.3. The van der Waals surface area contributed by atoms with Crippen LogP contribution in [0.5, 0.6) is 0 Å². The number of likely N-dealkylation sites (N-methyl/N-ethyl adjacent to an activating group) is 2. The Kier molecular flexibility index (Phi) is 15.3. The Morgan fingerprint density at radius 1 is 0.667 bits per heavy atom. The van der Waals surface area contributed by atoms with E-state index in [0.717, 1.165) is 60.3 Å². The van der Waals surface area contributed by atoms with Gasteiger partial charge in [-0.25, -0.2) is 0 Å². The Bertz CT molecular complexity index is 694. The van der Waals surface area contributed by atoms with Gasteiger partial charge in [0, 0.05) is 35.2 Å².